The van der Waals surface area contributed by atoms with Crippen LogP contribution in [0.25, 0.3) is 5.57 Å². The lowest BCUT2D eigenvalue weighted by molar-refractivity contribution is 0.407. The first-order chi connectivity index (χ1) is 7.61. The van der Waals surface area contributed by atoms with Crippen molar-refractivity contribution in [3.05, 3.63) is 41.0 Å². The highest BCUT2D eigenvalue weighted by Gasteiger charge is 2.21. The van der Waals surface area contributed by atoms with Gasteiger partial charge in [-0.1, -0.05) is 6.08 Å². The number of hydrogen-bond acceptors (Lipinski definition) is 0. The monoisotopic (exact) mass is 230 g/mol. The second-order valence-electron chi connectivity index (χ2n) is 3.82. The Kier molecular flexibility index (Phi) is 2.99. The Labute approximate surface area is 90.6 Å². The standard InChI is InChI=1S/C12H10F4/c13-9-6-8(7-4-2-1-3-5-7)10(14)12(16)11(9)15/h4,6H,1-3,5H2. The Morgan fingerprint density at radius 3 is 2.25 bits per heavy atom. The zero-order chi connectivity index (χ0) is 11.7. The molecule has 0 amide bonds. The van der Waals surface area contributed by atoms with E-state index in [0.29, 0.717) is 12.0 Å². The summed E-state index contributed by atoms with van der Waals surface area (Å²) in [6.07, 6.45) is 4.92. The van der Waals surface area contributed by atoms with Crippen molar-refractivity contribution in [3.63, 3.8) is 0 Å². The van der Waals surface area contributed by atoms with E-state index in [1.54, 1.807) is 6.08 Å². The summed E-state index contributed by atoms with van der Waals surface area (Å²) >= 11 is 0. The predicted octanol–water partition coefficient (Wildman–Crippen LogP) is 4.20. The van der Waals surface area contributed by atoms with Crippen LogP contribution in [0.2, 0.25) is 0 Å². The molecule has 2 rings (SSSR count). The smallest absolute Gasteiger partial charge is 0.198 e. The molecule has 0 spiro atoms. The van der Waals surface area contributed by atoms with Crippen LogP contribution in [-0.4, -0.2) is 0 Å². The Balaban J connectivity index is 2.53. The molecule has 1 aromatic carbocycles. The lowest BCUT2D eigenvalue weighted by Crippen LogP contribution is -2.02. The van der Waals surface area contributed by atoms with E-state index in [9.17, 15) is 17.6 Å². The molecule has 1 aliphatic carbocycles. The van der Waals surface area contributed by atoms with Crippen LogP contribution in [0.5, 0.6) is 0 Å². The molecule has 0 nitrogen and oxygen atoms in total. The number of allylic oxidation sites excluding steroid dienone is 2. The van der Waals surface area contributed by atoms with Crippen LogP contribution >= 0.6 is 0 Å². The van der Waals surface area contributed by atoms with Gasteiger partial charge in [0.2, 0.25) is 0 Å². The summed E-state index contributed by atoms with van der Waals surface area (Å²) < 4.78 is 52.1. The maximum absolute atomic E-state index is 13.4. The SMILES string of the molecule is Fc1cc(C2=CCCCC2)c(F)c(F)c1F. The van der Waals surface area contributed by atoms with Gasteiger partial charge in [0.1, 0.15) is 0 Å². The van der Waals surface area contributed by atoms with Gasteiger partial charge < -0.3 is 0 Å². The molecule has 0 N–H and O–H groups in total. The van der Waals surface area contributed by atoms with E-state index in [4.69, 9.17) is 0 Å². The minimum absolute atomic E-state index is 0.156. The highest BCUT2D eigenvalue weighted by Crippen LogP contribution is 2.31. The molecule has 0 heterocycles. The van der Waals surface area contributed by atoms with Crippen molar-refractivity contribution in [2.75, 3.05) is 0 Å². The second kappa shape index (κ2) is 4.28. The van der Waals surface area contributed by atoms with Gasteiger partial charge in [-0.15, -0.1) is 0 Å². The molecule has 1 aromatic rings. The third-order valence-electron chi connectivity index (χ3n) is 2.74. The zero-order valence-corrected chi connectivity index (χ0v) is 8.49. The van der Waals surface area contributed by atoms with Gasteiger partial charge in [-0.3, -0.25) is 0 Å². The summed E-state index contributed by atoms with van der Waals surface area (Å²) in [7, 11) is 0. The van der Waals surface area contributed by atoms with Gasteiger partial charge >= 0.3 is 0 Å². The lowest BCUT2D eigenvalue weighted by Gasteiger charge is -2.14. The molecule has 0 aliphatic heterocycles. The summed E-state index contributed by atoms with van der Waals surface area (Å²) in [5.41, 5.74) is 0.401. The van der Waals surface area contributed by atoms with Crippen molar-refractivity contribution < 1.29 is 17.6 Å². The van der Waals surface area contributed by atoms with Crippen LogP contribution in [0, 0.1) is 23.3 Å². The average Bonchev–Trinajstić information content (AvgIpc) is 2.32. The maximum Gasteiger partial charge on any atom is 0.198 e. The van der Waals surface area contributed by atoms with Crippen LogP contribution in [0.4, 0.5) is 17.6 Å². The molecule has 0 radical (unpaired) electrons. The van der Waals surface area contributed by atoms with E-state index < -0.39 is 23.3 Å². The third kappa shape index (κ3) is 1.84. The quantitative estimate of drug-likeness (QED) is 0.385. The van der Waals surface area contributed by atoms with E-state index in [-0.39, 0.29) is 5.56 Å². The van der Waals surface area contributed by atoms with Gasteiger partial charge in [0.05, 0.1) is 0 Å². The summed E-state index contributed by atoms with van der Waals surface area (Å²) in [5.74, 6) is -6.13. The number of benzene rings is 1. The van der Waals surface area contributed by atoms with E-state index in [0.717, 1.165) is 25.3 Å². The topological polar surface area (TPSA) is 0 Å². The van der Waals surface area contributed by atoms with Gasteiger partial charge in [0.15, 0.2) is 23.3 Å². The highest BCUT2D eigenvalue weighted by molar-refractivity contribution is 5.66. The summed E-state index contributed by atoms with van der Waals surface area (Å²) in [6.45, 7) is 0. The van der Waals surface area contributed by atoms with E-state index >= 15 is 0 Å². The van der Waals surface area contributed by atoms with Gasteiger partial charge in [-0.05, 0) is 37.3 Å². The average molecular weight is 230 g/mol. The molecule has 4 heteroatoms. The first kappa shape index (κ1) is 11.2. The zero-order valence-electron chi connectivity index (χ0n) is 8.49. The van der Waals surface area contributed by atoms with Crippen LogP contribution in [0.15, 0.2) is 12.1 Å². The summed E-state index contributed by atoms with van der Waals surface area (Å²) in [6, 6.07) is 0.727. The number of hydrogen-bond donors (Lipinski definition) is 0. The van der Waals surface area contributed by atoms with Crippen molar-refractivity contribution in [2.45, 2.75) is 25.7 Å². The fourth-order valence-electron chi connectivity index (χ4n) is 1.89. The van der Waals surface area contributed by atoms with Gasteiger partial charge in [0.25, 0.3) is 0 Å². The summed E-state index contributed by atoms with van der Waals surface area (Å²) in [5, 5.41) is 0. The van der Waals surface area contributed by atoms with E-state index in [1.165, 1.54) is 0 Å². The molecule has 1 aliphatic rings. The molecule has 86 valence electrons. The van der Waals surface area contributed by atoms with Crippen LogP contribution in [0.3, 0.4) is 0 Å². The van der Waals surface area contributed by atoms with Crippen molar-refractivity contribution >= 4 is 5.57 Å². The molecule has 16 heavy (non-hydrogen) atoms. The van der Waals surface area contributed by atoms with Crippen molar-refractivity contribution in [2.24, 2.45) is 0 Å². The molecule has 0 saturated carbocycles. The van der Waals surface area contributed by atoms with Gasteiger partial charge in [-0.25, -0.2) is 17.6 Å². The normalized spacial score (nSPS) is 16.1. The molecular formula is C12H10F4. The second-order valence-corrected chi connectivity index (χ2v) is 3.82. The van der Waals surface area contributed by atoms with Gasteiger partial charge in [0, 0.05) is 5.56 Å². The largest absolute Gasteiger partial charge is 0.204 e. The molecule has 0 unspecified atom stereocenters. The highest BCUT2D eigenvalue weighted by atomic mass is 19.2. The Morgan fingerprint density at radius 2 is 1.62 bits per heavy atom. The molecule has 0 bridgehead atoms. The van der Waals surface area contributed by atoms with Crippen LogP contribution in [-0.2, 0) is 0 Å². The fraction of sp³-hybridized carbons (Fsp3) is 0.333. The molecule has 0 atom stereocenters. The molecule has 0 saturated heterocycles. The van der Waals surface area contributed by atoms with Crippen LogP contribution < -0.4 is 0 Å². The third-order valence-corrected chi connectivity index (χ3v) is 2.74. The fourth-order valence-corrected chi connectivity index (χ4v) is 1.89. The Morgan fingerprint density at radius 1 is 0.875 bits per heavy atom. The number of halogens is 4. The summed E-state index contributed by atoms with van der Waals surface area (Å²) in [4.78, 5) is 0. The maximum atomic E-state index is 13.4. The molecular weight excluding hydrogens is 220 g/mol. The Hall–Kier alpha value is -1.32. The van der Waals surface area contributed by atoms with E-state index in [2.05, 4.69) is 0 Å². The van der Waals surface area contributed by atoms with Crippen LogP contribution in [0.1, 0.15) is 31.2 Å². The number of rotatable bonds is 1. The van der Waals surface area contributed by atoms with Crippen molar-refractivity contribution in [3.8, 4) is 0 Å². The minimum atomic E-state index is -1.75. The molecule has 0 fully saturated rings. The first-order valence-electron chi connectivity index (χ1n) is 5.13. The van der Waals surface area contributed by atoms with E-state index in [1.807, 2.05) is 0 Å². The lowest BCUT2D eigenvalue weighted by atomic mass is 9.93. The van der Waals surface area contributed by atoms with Gasteiger partial charge in [-0.2, -0.15) is 0 Å². The van der Waals surface area contributed by atoms with Crippen molar-refractivity contribution in [1.82, 2.24) is 0 Å². The first-order valence-corrected chi connectivity index (χ1v) is 5.13. The predicted molar refractivity (Wildman–Crippen MR) is 52.7 cm³/mol. The minimum Gasteiger partial charge on any atom is -0.204 e. The van der Waals surface area contributed by atoms with Crippen molar-refractivity contribution in [1.29, 1.82) is 0 Å². The molecule has 0 aromatic heterocycles. The Bertz CT molecular complexity index is 449.